The molecule has 0 aliphatic carbocycles. The topological polar surface area (TPSA) is 147 Å². The molecule has 1 atom stereocenters. The summed E-state index contributed by atoms with van der Waals surface area (Å²) in [5.41, 5.74) is 2.11. The molecule has 0 saturated carbocycles. The Kier molecular flexibility index (Phi) is 7.41. The maximum Gasteiger partial charge on any atom is 0.259 e. The Balaban J connectivity index is 1.87. The Morgan fingerprint density at radius 2 is 1.71 bits per heavy atom. The molecule has 2 heterocycles. The molecule has 4 aromatic rings. The monoisotopic (exact) mass is 576 g/mol. The van der Waals surface area contributed by atoms with Crippen molar-refractivity contribution in [3.63, 3.8) is 0 Å². The van der Waals surface area contributed by atoms with Crippen LogP contribution in [0, 0.1) is 13.8 Å². The van der Waals surface area contributed by atoms with Crippen LogP contribution < -0.4 is 15.3 Å². The van der Waals surface area contributed by atoms with Gasteiger partial charge in [0, 0.05) is 16.7 Å². The van der Waals surface area contributed by atoms with Gasteiger partial charge < -0.3 is 9.15 Å². The van der Waals surface area contributed by atoms with Crippen molar-refractivity contribution in [1.82, 2.24) is 4.98 Å². The molecule has 200 valence electrons. The summed E-state index contributed by atoms with van der Waals surface area (Å²) in [6.07, 6.45) is -0.795. The second-order valence-corrected chi connectivity index (χ2v) is 12.9. The molecule has 2 aromatic carbocycles. The highest BCUT2D eigenvalue weighted by molar-refractivity contribution is 7.91. The van der Waals surface area contributed by atoms with Crippen molar-refractivity contribution < 1.29 is 26.0 Å². The standard InChI is InChI=1S/C26H25ClN2O7S2/c1-5-37(31,32)18-8-6-17(7-9-18)24-15(3)23(30)20-13-14(2)12-19(25(20)36-24)16(4)35-21-10-11-22(27)29-26(21)38(28,33)34/h6-13,16H,5H2,1-4H3,(H2,28,33,34)/t16-/m1/s1. The lowest BCUT2D eigenvalue weighted by atomic mass is 10.00. The minimum Gasteiger partial charge on any atom is -0.483 e. The van der Waals surface area contributed by atoms with Crippen molar-refractivity contribution in [1.29, 1.82) is 0 Å². The van der Waals surface area contributed by atoms with Crippen molar-refractivity contribution in [2.24, 2.45) is 5.14 Å². The van der Waals surface area contributed by atoms with Gasteiger partial charge in [-0.2, -0.15) is 0 Å². The van der Waals surface area contributed by atoms with Gasteiger partial charge in [0.05, 0.1) is 16.0 Å². The number of pyridine rings is 1. The number of nitrogens with zero attached hydrogens (tertiary/aromatic N) is 1. The van der Waals surface area contributed by atoms with Crippen LogP contribution in [0.3, 0.4) is 0 Å². The number of hydrogen-bond donors (Lipinski definition) is 1. The van der Waals surface area contributed by atoms with E-state index in [2.05, 4.69) is 4.98 Å². The fourth-order valence-corrected chi connectivity index (χ4v) is 5.78. The predicted molar refractivity (Wildman–Crippen MR) is 145 cm³/mol. The lowest BCUT2D eigenvalue weighted by molar-refractivity contribution is 0.219. The average molecular weight is 577 g/mol. The number of aryl methyl sites for hydroxylation is 1. The number of primary sulfonamides is 1. The summed E-state index contributed by atoms with van der Waals surface area (Å²) in [4.78, 5) is 17.3. The molecule has 4 rings (SSSR count). The number of sulfone groups is 1. The van der Waals surface area contributed by atoms with Crippen LogP contribution in [0.25, 0.3) is 22.3 Å². The molecule has 0 radical (unpaired) electrons. The van der Waals surface area contributed by atoms with E-state index in [-0.39, 0.29) is 38.3 Å². The molecule has 0 unspecified atom stereocenters. The van der Waals surface area contributed by atoms with E-state index in [1.807, 2.05) is 6.92 Å². The van der Waals surface area contributed by atoms with Gasteiger partial charge >= 0.3 is 0 Å². The summed E-state index contributed by atoms with van der Waals surface area (Å²) in [6.45, 7) is 6.68. The van der Waals surface area contributed by atoms with Crippen LogP contribution in [0.15, 0.2) is 67.7 Å². The van der Waals surface area contributed by atoms with Crippen LogP contribution in [0.4, 0.5) is 0 Å². The van der Waals surface area contributed by atoms with Crippen LogP contribution in [-0.2, 0) is 19.9 Å². The van der Waals surface area contributed by atoms with Gasteiger partial charge in [0.2, 0.25) is 5.03 Å². The molecule has 0 fully saturated rings. The van der Waals surface area contributed by atoms with Gasteiger partial charge in [-0.15, -0.1) is 0 Å². The number of rotatable bonds is 7. The highest BCUT2D eigenvalue weighted by Gasteiger charge is 2.24. The zero-order chi connectivity index (χ0) is 28.0. The van der Waals surface area contributed by atoms with Crippen molar-refractivity contribution >= 4 is 42.4 Å². The van der Waals surface area contributed by atoms with E-state index in [0.717, 1.165) is 5.56 Å². The SMILES string of the molecule is CCS(=O)(=O)c1ccc(-c2oc3c([C@@H](C)Oc4ccc(Cl)nc4S(N)(=O)=O)cc(C)cc3c(=O)c2C)cc1. The number of benzene rings is 2. The fourth-order valence-electron chi connectivity index (χ4n) is 4.08. The van der Waals surface area contributed by atoms with Crippen LogP contribution in [0.2, 0.25) is 5.15 Å². The highest BCUT2D eigenvalue weighted by atomic mass is 35.5. The van der Waals surface area contributed by atoms with Crippen LogP contribution in [0.5, 0.6) is 5.75 Å². The minimum atomic E-state index is -4.24. The third-order valence-corrected chi connectivity index (χ3v) is 8.84. The quantitative estimate of drug-likeness (QED) is 0.311. The molecule has 0 amide bonds. The zero-order valence-electron chi connectivity index (χ0n) is 21.0. The number of fused-ring (bicyclic) bond motifs is 1. The summed E-state index contributed by atoms with van der Waals surface area (Å²) >= 11 is 5.86. The smallest absolute Gasteiger partial charge is 0.259 e. The van der Waals surface area contributed by atoms with Crippen molar-refractivity contribution in [2.75, 3.05) is 5.75 Å². The maximum absolute atomic E-state index is 13.4. The molecule has 0 saturated heterocycles. The summed E-state index contributed by atoms with van der Waals surface area (Å²) < 4.78 is 60.7. The van der Waals surface area contributed by atoms with Gasteiger partial charge in [0.25, 0.3) is 10.0 Å². The Hall–Kier alpha value is -3.25. The number of sulfonamides is 1. The fraction of sp³-hybridized carbons (Fsp3) is 0.231. The van der Waals surface area contributed by atoms with Crippen molar-refractivity contribution in [3.05, 3.63) is 80.6 Å². The lowest BCUT2D eigenvalue weighted by Gasteiger charge is -2.19. The normalized spacial score (nSPS) is 13.0. The third-order valence-electron chi connectivity index (χ3n) is 6.05. The van der Waals surface area contributed by atoms with E-state index >= 15 is 0 Å². The molecule has 2 aromatic heterocycles. The molecular formula is C26H25ClN2O7S2. The van der Waals surface area contributed by atoms with Gasteiger partial charge in [-0.05, 0) is 74.9 Å². The molecular weight excluding hydrogens is 552 g/mol. The molecule has 9 nitrogen and oxygen atoms in total. The number of hydrogen-bond acceptors (Lipinski definition) is 8. The third kappa shape index (κ3) is 5.32. The lowest BCUT2D eigenvalue weighted by Crippen LogP contribution is -2.17. The van der Waals surface area contributed by atoms with Crippen LogP contribution in [-0.4, -0.2) is 27.6 Å². The first-order chi connectivity index (χ1) is 17.7. The predicted octanol–water partition coefficient (Wildman–Crippen LogP) is 4.71. The number of halogens is 1. The molecule has 12 heteroatoms. The number of aromatic nitrogens is 1. The Morgan fingerprint density at radius 3 is 2.32 bits per heavy atom. The van der Waals surface area contributed by atoms with E-state index in [0.29, 0.717) is 22.1 Å². The first kappa shape index (κ1) is 27.8. The molecule has 0 spiro atoms. The van der Waals surface area contributed by atoms with E-state index in [4.69, 9.17) is 25.9 Å². The minimum absolute atomic E-state index is 0.0344. The average Bonchev–Trinajstić information content (AvgIpc) is 2.86. The number of nitrogens with two attached hydrogens (primary N) is 1. The summed E-state index contributed by atoms with van der Waals surface area (Å²) in [5, 5.41) is 5.03. The number of ether oxygens (including phenoxy) is 1. The Bertz CT molecular complexity index is 1830. The van der Waals surface area contributed by atoms with E-state index in [1.165, 1.54) is 24.3 Å². The molecule has 2 N–H and O–H groups in total. The maximum atomic E-state index is 13.4. The van der Waals surface area contributed by atoms with Gasteiger partial charge in [-0.1, -0.05) is 18.5 Å². The van der Waals surface area contributed by atoms with Gasteiger partial charge in [0.1, 0.15) is 22.6 Å². The second kappa shape index (κ2) is 10.1. The van der Waals surface area contributed by atoms with Crippen LogP contribution >= 0.6 is 11.6 Å². The second-order valence-electron chi connectivity index (χ2n) is 8.79. The van der Waals surface area contributed by atoms with Gasteiger partial charge in [-0.25, -0.2) is 27.0 Å². The van der Waals surface area contributed by atoms with E-state index < -0.39 is 31.0 Å². The summed E-state index contributed by atoms with van der Waals surface area (Å²) in [5.74, 6) is 0.132. The van der Waals surface area contributed by atoms with Crippen molar-refractivity contribution in [2.45, 2.75) is 43.7 Å². The van der Waals surface area contributed by atoms with E-state index in [9.17, 15) is 21.6 Å². The first-order valence-corrected chi connectivity index (χ1v) is 15.1. The summed E-state index contributed by atoms with van der Waals surface area (Å²) in [6, 6.07) is 12.3. The zero-order valence-corrected chi connectivity index (χ0v) is 23.4. The highest BCUT2D eigenvalue weighted by Crippen LogP contribution is 2.34. The largest absolute Gasteiger partial charge is 0.483 e. The Labute approximate surface area is 225 Å². The van der Waals surface area contributed by atoms with Crippen molar-refractivity contribution in [3.8, 4) is 17.1 Å². The van der Waals surface area contributed by atoms with Crippen LogP contribution in [0.1, 0.15) is 36.6 Å². The Morgan fingerprint density at radius 1 is 1.05 bits per heavy atom. The molecule has 0 aliphatic rings. The molecule has 0 aliphatic heterocycles. The van der Waals surface area contributed by atoms with Gasteiger partial charge in [0.15, 0.2) is 21.0 Å². The molecule has 38 heavy (non-hydrogen) atoms. The summed E-state index contributed by atoms with van der Waals surface area (Å²) in [7, 11) is -7.64. The van der Waals surface area contributed by atoms with E-state index in [1.54, 1.807) is 45.0 Å². The first-order valence-electron chi connectivity index (χ1n) is 11.5. The van der Waals surface area contributed by atoms with Gasteiger partial charge in [-0.3, -0.25) is 4.79 Å². The molecule has 0 bridgehead atoms.